The summed E-state index contributed by atoms with van der Waals surface area (Å²) < 4.78 is 4.69. The van der Waals surface area contributed by atoms with Crippen molar-refractivity contribution in [2.24, 2.45) is 0 Å². The van der Waals surface area contributed by atoms with Gasteiger partial charge in [0.25, 0.3) is 0 Å². The van der Waals surface area contributed by atoms with Gasteiger partial charge in [0, 0.05) is 18.8 Å². The second-order valence-electron chi connectivity index (χ2n) is 4.78. The van der Waals surface area contributed by atoms with Gasteiger partial charge in [-0.25, -0.2) is 4.79 Å². The number of esters is 1. The minimum atomic E-state index is -0.340. The number of benzene rings is 1. The van der Waals surface area contributed by atoms with Crippen LogP contribution in [0.2, 0.25) is 0 Å². The van der Waals surface area contributed by atoms with Crippen molar-refractivity contribution in [3.8, 4) is 0 Å². The fourth-order valence-corrected chi connectivity index (χ4v) is 2.45. The topological polar surface area (TPSA) is 46.6 Å². The van der Waals surface area contributed by atoms with E-state index in [1.54, 1.807) is 28.8 Å². The van der Waals surface area contributed by atoms with Gasteiger partial charge >= 0.3 is 5.97 Å². The maximum absolute atomic E-state index is 11.8. The maximum atomic E-state index is 11.8. The number of thioether (sulfide) groups is 1. The maximum Gasteiger partial charge on any atom is 0.337 e. The van der Waals surface area contributed by atoms with Gasteiger partial charge in [0.2, 0.25) is 5.91 Å². The van der Waals surface area contributed by atoms with Crippen LogP contribution < -0.4 is 0 Å². The van der Waals surface area contributed by atoms with Crippen molar-refractivity contribution in [3.63, 3.8) is 0 Å². The van der Waals surface area contributed by atoms with E-state index in [4.69, 9.17) is 0 Å². The molecule has 0 aliphatic heterocycles. The predicted molar refractivity (Wildman–Crippen MR) is 81.8 cm³/mol. The largest absolute Gasteiger partial charge is 0.465 e. The quantitative estimate of drug-likeness (QED) is 0.757. The molecule has 0 saturated carbocycles. The summed E-state index contributed by atoms with van der Waals surface area (Å²) in [6, 6.07) is 7.50. The standard InChI is InChI=1S/C15H21NO3S/c1-11(2)16(3)14(17)10-20-9-12-6-5-7-13(8-12)15(18)19-4/h5-8,11H,9-10H2,1-4H3. The highest BCUT2D eigenvalue weighted by atomic mass is 32.2. The zero-order valence-corrected chi connectivity index (χ0v) is 13.2. The highest BCUT2D eigenvalue weighted by Gasteiger charge is 2.12. The molecule has 5 heteroatoms. The normalized spacial score (nSPS) is 10.4. The molecular formula is C15H21NO3S. The van der Waals surface area contributed by atoms with Gasteiger partial charge in [-0.3, -0.25) is 4.79 Å². The molecule has 0 aliphatic rings. The highest BCUT2D eigenvalue weighted by molar-refractivity contribution is 7.99. The van der Waals surface area contributed by atoms with E-state index in [1.807, 2.05) is 33.0 Å². The zero-order valence-electron chi connectivity index (χ0n) is 12.4. The van der Waals surface area contributed by atoms with Gasteiger partial charge in [-0.2, -0.15) is 0 Å². The minimum absolute atomic E-state index is 0.120. The van der Waals surface area contributed by atoms with Gasteiger partial charge in [-0.15, -0.1) is 11.8 Å². The molecule has 0 unspecified atom stereocenters. The van der Waals surface area contributed by atoms with Crippen LogP contribution in [-0.2, 0) is 15.3 Å². The first kappa shape index (κ1) is 16.6. The second kappa shape index (κ2) is 7.94. The molecular weight excluding hydrogens is 274 g/mol. The predicted octanol–water partition coefficient (Wildman–Crippen LogP) is 2.57. The lowest BCUT2D eigenvalue weighted by Gasteiger charge is -2.21. The monoisotopic (exact) mass is 295 g/mol. The van der Waals surface area contributed by atoms with Gasteiger partial charge in [0.1, 0.15) is 0 Å². The van der Waals surface area contributed by atoms with E-state index in [2.05, 4.69) is 4.74 Å². The second-order valence-corrected chi connectivity index (χ2v) is 5.77. The van der Waals surface area contributed by atoms with Crippen LogP contribution in [-0.4, -0.2) is 42.7 Å². The van der Waals surface area contributed by atoms with Gasteiger partial charge in [0.15, 0.2) is 0 Å². The average Bonchev–Trinajstić information content (AvgIpc) is 2.45. The molecule has 0 bridgehead atoms. The smallest absolute Gasteiger partial charge is 0.337 e. The SMILES string of the molecule is COC(=O)c1cccc(CSCC(=O)N(C)C(C)C)c1. The third kappa shape index (κ3) is 4.89. The number of hydrogen-bond acceptors (Lipinski definition) is 4. The number of methoxy groups -OCH3 is 1. The Balaban J connectivity index is 2.50. The Morgan fingerprint density at radius 3 is 2.65 bits per heavy atom. The number of carbonyl (C=O) groups excluding carboxylic acids is 2. The molecule has 0 aromatic heterocycles. The molecule has 4 nitrogen and oxygen atoms in total. The Labute approximate surface area is 124 Å². The lowest BCUT2D eigenvalue weighted by atomic mass is 10.1. The Morgan fingerprint density at radius 1 is 1.35 bits per heavy atom. The molecule has 0 heterocycles. The van der Waals surface area contributed by atoms with Crippen LogP contribution in [0.1, 0.15) is 29.8 Å². The van der Waals surface area contributed by atoms with Crippen molar-refractivity contribution >= 4 is 23.6 Å². The number of hydrogen-bond donors (Lipinski definition) is 0. The third-order valence-electron chi connectivity index (χ3n) is 3.01. The molecule has 0 spiro atoms. The molecule has 0 N–H and O–H groups in total. The first-order valence-electron chi connectivity index (χ1n) is 6.46. The lowest BCUT2D eigenvalue weighted by molar-refractivity contribution is -0.128. The van der Waals surface area contributed by atoms with Gasteiger partial charge < -0.3 is 9.64 Å². The Morgan fingerprint density at radius 2 is 2.05 bits per heavy atom. The third-order valence-corrected chi connectivity index (χ3v) is 4.00. The number of rotatable bonds is 6. The Hall–Kier alpha value is -1.49. The van der Waals surface area contributed by atoms with E-state index < -0.39 is 0 Å². The van der Waals surface area contributed by atoms with Crippen molar-refractivity contribution < 1.29 is 14.3 Å². The molecule has 1 rings (SSSR count). The molecule has 0 saturated heterocycles. The Bertz CT molecular complexity index is 474. The summed E-state index contributed by atoms with van der Waals surface area (Å²) in [5.41, 5.74) is 1.55. The van der Waals surface area contributed by atoms with Crippen molar-refractivity contribution in [2.75, 3.05) is 19.9 Å². The molecule has 1 aromatic rings. The minimum Gasteiger partial charge on any atom is -0.465 e. The summed E-state index contributed by atoms with van der Waals surface area (Å²) in [6.07, 6.45) is 0. The van der Waals surface area contributed by atoms with Crippen LogP contribution in [0.3, 0.4) is 0 Å². The molecule has 0 radical (unpaired) electrons. The van der Waals surface area contributed by atoms with Gasteiger partial charge in [-0.05, 0) is 31.5 Å². The first-order valence-corrected chi connectivity index (χ1v) is 7.61. The molecule has 1 aromatic carbocycles. The summed E-state index contributed by atoms with van der Waals surface area (Å²) in [6.45, 7) is 3.98. The highest BCUT2D eigenvalue weighted by Crippen LogP contribution is 2.15. The summed E-state index contributed by atoms with van der Waals surface area (Å²) >= 11 is 1.54. The molecule has 110 valence electrons. The number of amides is 1. The van der Waals surface area contributed by atoms with E-state index in [1.165, 1.54) is 7.11 Å². The summed E-state index contributed by atoms with van der Waals surface area (Å²) in [5, 5.41) is 0. The van der Waals surface area contributed by atoms with Crippen molar-refractivity contribution in [2.45, 2.75) is 25.6 Å². The van der Waals surface area contributed by atoms with Crippen LogP contribution in [0.4, 0.5) is 0 Å². The first-order chi connectivity index (χ1) is 9.45. The van der Waals surface area contributed by atoms with Crippen molar-refractivity contribution in [1.29, 1.82) is 0 Å². The number of nitrogens with zero attached hydrogens (tertiary/aromatic N) is 1. The summed E-state index contributed by atoms with van der Waals surface area (Å²) in [4.78, 5) is 25.0. The van der Waals surface area contributed by atoms with Crippen LogP contribution in [0.25, 0.3) is 0 Å². The van der Waals surface area contributed by atoms with Crippen molar-refractivity contribution in [3.05, 3.63) is 35.4 Å². The van der Waals surface area contributed by atoms with Gasteiger partial charge in [-0.1, -0.05) is 12.1 Å². The van der Waals surface area contributed by atoms with Crippen LogP contribution in [0.5, 0.6) is 0 Å². The number of carbonyl (C=O) groups is 2. The van der Waals surface area contributed by atoms with E-state index in [-0.39, 0.29) is 17.9 Å². The van der Waals surface area contributed by atoms with E-state index >= 15 is 0 Å². The number of ether oxygens (including phenoxy) is 1. The molecule has 1 amide bonds. The molecule has 0 fully saturated rings. The zero-order chi connectivity index (χ0) is 15.1. The summed E-state index contributed by atoms with van der Waals surface area (Å²) in [7, 11) is 3.18. The fraction of sp³-hybridized carbons (Fsp3) is 0.467. The Kier molecular flexibility index (Phi) is 6.58. The van der Waals surface area contributed by atoms with Crippen LogP contribution in [0.15, 0.2) is 24.3 Å². The van der Waals surface area contributed by atoms with Crippen LogP contribution >= 0.6 is 11.8 Å². The van der Waals surface area contributed by atoms with E-state index in [9.17, 15) is 9.59 Å². The van der Waals surface area contributed by atoms with E-state index in [0.29, 0.717) is 17.1 Å². The summed E-state index contributed by atoms with van der Waals surface area (Å²) in [5.74, 6) is 0.918. The van der Waals surface area contributed by atoms with E-state index in [0.717, 1.165) is 5.56 Å². The molecule has 0 atom stereocenters. The molecule has 0 aliphatic carbocycles. The van der Waals surface area contributed by atoms with Crippen molar-refractivity contribution in [1.82, 2.24) is 4.90 Å². The molecule has 20 heavy (non-hydrogen) atoms. The van der Waals surface area contributed by atoms with Gasteiger partial charge in [0.05, 0.1) is 18.4 Å². The average molecular weight is 295 g/mol. The van der Waals surface area contributed by atoms with Crippen LogP contribution in [0, 0.1) is 0 Å². The fourth-order valence-electron chi connectivity index (χ4n) is 1.55. The lowest BCUT2D eigenvalue weighted by Crippen LogP contribution is -2.34.